The highest BCUT2D eigenvalue weighted by Gasteiger charge is 2.22. The smallest absolute Gasteiger partial charge is 0.169 e. The number of hydrogen-bond donors (Lipinski definition) is 0. The number of ether oxygens (including phenoxy) is 6. The predicted molar refractivity (Wildman–Crippen MR) is 257 cm³/mol. The van der Waals surface area contributed by atoms with Crippen LogP contribution in [0.3, 0.4) is 0 Å². The number of hydrogen-bond acceptors (Lipinski definition) is 6. The Morgan fingerprint density at radius 2 is 0.550 bits per heavy atom. The van der Waals surface area contributed by atoms with Crippen LogP contribution in [-0.2, 0) is 0 Å². The first-order valence-corrected chi connectivity index (χ1v) is 24.9. The van der Waals surface area contributed by atoms with Crippen molar-refractivity contribution in [2.45, 2.75) is 196 Å². The molecule has 0 saturated carbocycles. The number of rotatable bonds is 36. The zero-order chi connectivity index (χ0) is 42.6. The Morgan fingerprint density at radius 3 is 0.900 bits per heavy atom. The largest absolute Gasteiger partial charge is 0.490 e. The summed E-state index contributed by atoms with van der Waals surface area (Å²) < 4.78 is 40.2. The Morgan fingerprint density at radius 1 is 0.267 bits per heavy atom. The maximum atomic E-state index is 6.92. The fourth-order valence-electron chi connectivity index (χ4n) is 8.02. The van der Waals surface area contributed by atoms with Gasteiger partial charge in [-0.2, -0.15) is 0 Å². The molecule has 0 saturated heterocycles. The van der Waals surface area contributed by atoms with Crippen LogP contribution in [0.5, 0.6) is 34.5 Å². The fraction of sp³-hybridized carbons (Fsp3) is 0.667. The van der Waals surface area contributed by atoms with Gasteiger partial charge in [-0.15, -0.1) is 0 Å². The minimum atomic E-state index is 0.640. The lowest BCUT2D eigenvalue weighted by Gasteiger charge is -2.22. The normalized spacial score (nSPS) is 11.5. The van der Waals surface area contributed by atoms with Gasteiger partial charge in [-0.25, -0.2) is 0 Å². The van der Waals surface area contributed by atoms with Crippen LogP contribution in [0.4, 0.5) is 0 Å². The van der Waals surface area contributed by atoms with Crippen molar-refractivity contribution in [1.29, 1.82) is 0 Å². The Bertz CT molecular complexity index is 1710. The van der Waals surface area contributed by atoms with E-state index in [-0.39, 0.29) is 0 Å². The topological polar surface area (TPSA) is 55.4 Å². The van der Waals surface area contributed by atoms with Crippen molar-refractivity contribution in [3.8, 4) is 34.5 Å². The standard InChI is InChI=1S/C54H84O6/c1-7-13-19-25-33-55-48-32-31-43-44-39-49(56-34-26-20-14-8-2)50(57-35-27-21-15-9-3)40-45(44)46-41-51(58-36-28-22-16-10-4)52(59-37-29-23-17-11-5)42-47(46)53(43)54(48)60-38-30-24-18-12-6/h31-32,39-42H,7-30,33-38H2,1-6H3. The van der Waals surface area contributed by atoms with Gasteiger partial charge in [0.1, 0.15) is 0 Å². The fourth-order valence-corrected chi connectivity index (χ4v) is 8.02. The molecule has 0 spiro atoms. The summed E-state index contributed by atoms with van der Waals surface area (Å²) in [4.78, 5) is 0. The molecule has 0 radical (unpaired) electrons. The van der Waals surface area contributed by atoms with Gasteiger partial charge in [-0.05, 0) is 102 Å². The molecule has 0 atom stereocenters. The molecule has 0 bridgehead atoms. The summed E-state index contributed by atoms with van der Waals surface area (Å²) in [5, 5.41) is 6.60. The summed E-state index contributed by atoms with van der Waals surface area (Å²) in [6.45, 7) is 17.5. The lowest BCUT2D eigenvalue weighted by Crippen LogP contribution is -2.05. The molecule has 0 heterocycles. The molecule has 0 unspecified atom stereocenters. The Kier molecular flexibility index (Phi) is 24.3. The summed E-state index contributed by atoms with van der Waals surface area (Å²) in [7, 11) is 0. The monoisotopic (exact) mass is 829 g/mol. The van der Waals surface area contributed by atoms with Gasteiger partial charge in [0.25, 0.3) is 0 Å². The van der Waals surface area contributed by atoms with Crippen LogP contribution in [0.2, 0.25) is 0 Å². The molecular weight excluding hydrogens is 745 g/mol. The van der Waals surface area contributed by atoms with Crippen molar-refractivity contribution in [2.75, 3.05) is 39.6 Å². The molecular formula is C54H84O6. The van der Waals surface area contributed by atoms with Gasteiger partial charge in [0.05, 0.1) is 39.6 Å². The highest BCUT2D eigenvalue weighted by Crippen LogP contribution is 2.49. The van der Waals surface area contributed by atoms with Gasteiger partial charge in [0.15, 0.2) is 34.5 Å². The van der Waals surface area contributed by atoms with Gasteiger partial charge >= 0.3 is 0 Å². The minimum absolute atomic E-state index is 0.640. The second-order valence-electron chi connectivity index (χ2n) is 17.0. The average molecular weight is 829 g/mol. The molecule has 0 aliphatic heterocycles. The van der Waals surface area contributed by atoms with Gasteiger partial charge in [-0.3, -0.25) is 0 Å². The van der Waals surface area contributed by atoms with E-state index < -0.39 is 0 Å². The van der Waals surface area contributed by atoms with E-state index in [9.17, 15) is 0 Å². The van der Waals surface area contributed by atoms with E-state index in [1.807, 2.05) is 0 Å². The van der Waals surface area contributed by atoms with E-state index in [4.69, 9.17) is 28.4 Å². The van der Waals surface area contributed by atoms with Gasteiger partial charge in [0, 0.05) is 5.39 Å². The maximum Gasteiger partial charge on any atom is 0.169 e. The third kappa shape index (κ3) is 15.7. The molecule has 0 aliphatic carbocycles. The zero-order valence-corrected chi connectivity index (χ0v) is 39.1. The van der Waals surface area contributed by atoms with E-state index in [2.05, 4.69) is 77.9 Å². The molecule has 0 amide bonds. The molecule has 4 aromatic carbocycles. The van der Waals surface area contributed by atoms with Crippen molar-refractivity contribution in [3.05, 3.63) is 36.4 Å². The van der Waals surface area contributed by atoms with Crippen LogP contribution >= 0.6 is 0 Å². The number of unbranched alkanes of at least 4 members (excludes halogenated alkanes) is 18. The first kappa shape index (κ1) is 49.1. The van der Waals surface area contributed by atoms with Crippen molar-refractivity contribution in [2.24, 2.45) is 0 Å². The molecule has 0 N–H and O–H groups in total. The lowest BCUT2D eigenvalue weighted by atomic mass is 9.92. The molecule has 0 fully saturated rings. The van der Waals surface area contributed by atoms with Crippen molar-refractivity contribution in [1.82, 2.24) is 0 Å². The van der Waals surface area contributed by atoms with Crippen LogP contribution < -0.4 is 28.4 Å². The molecule has 4 aromatic rings. The van der Waals surface area contributed by atoms with E-state index in [1.165, 1.54) is 77.0 Å². The molecule has 336 valence electrons. The summed E-state index contributed by atoms with van der Waals surface area (Å²) in [5.41, 5.74) is 0. The Balaban J connectivity index is 1.98. The Hall–Kier alpha value is -3.54. The van der Waals surface area contributed by atoms with E-state index in [1.54, 1.807) is 0 Å². The first-order chi connectivity index (χ1) is 29.6. The minimum Gasteiger partial charge on any atom is -0.490 e. The third-order valence-corrected chi connectivity index (χ3v) is 11.7. The zero-order valence-electron chi connectivity index (χ0n) is 39.1. The quantitative estimate of drug-likeness (QED) is 0.0336. The van der Waals surface area contributed by atoms with Crippen LogP contribution in [0.15, 0.2) is 36.4 Å². The average Bonchev–Trinajstić information content (AvgIpc) is 3.26. The third-order valence-electron chi connectivity index (χ3n) is 11.7. The molecule has 0 aliphatic rings. The summed E-state index contributed by atoms with van der Waals surface area (Å²) in [6.07, 6.45) is 27.5. The van der Waals surface area contributed by atoms with Crippen LogP contribution in [-0.4, -0.2) is 39.6 Å². The summed E-state index contributed by atoms with van der Waals surface area (Å²) in [6, 6.07) is 13.3. The maximum absolute atomic E-state index is 6.92. The number of fused-ring (bicyclic) bond motifs is 6. The summed E-state index contributed by atoms with van der Waals surface area (Å²) >= 11 is 0. The summed E-state index contributed by atoms with van der Waals surface area (Å²) in [5.74, 6) is 4.87. The predicted octanol–water partition coefficient (Wildman–Crippen LogP) is 16.9. The van der Waals surface area contributed by atoms with Crippen LogP contribution in [0, 0.1) is 0 Å². The van der Waals surface area contributed by atoms with Gasteiger partial charge in [0.2, 0.25) is 0 Å². The molecule has 6 nitrogen and oxygen atoms in total. The van der Waals surface area contributed by atoms with Crippen molar-refractivity contribution < 1.29 is 28.4 Å². The van der Waals surface area contributed by atoms with Crippen molar-refractivity contribution >= 4 is 32.3 Å². The van der Waals surface area contributed by atoms with Gasteiger partial charge in [-0.1, -0.05) is 157 Å². The van der Waals surface area contributed by atoms with Crippen molar-refractivity contribution in [3.63, 3.8) is 0 Å². The SMILES string of the molecule is CCCCCCOc1cc2c(cc1OCCCCCC)c1ccc(OCCCCCC)c(OCCCCCC)c1c1cc(OCCCCCC)c(OCCCCCC)cc21. The molecule has 0 aromatic heterocycles. The van der Waals surface area contributed by atoms with E-state index in [0.29, 0.717) is 39.6 Å². The highest BCUT2D eigenvalue weighted by molar-refractivity contribution is 6.28. The highest BCUT2D eigenvalue weighted by atomic mass is 16.5. The van der Waals surface area contributed by atoms with Crippen LogP contribution in [0.25, 0.3) is 32.3 Å². The number of benzene rings is 4. The van der Waals surface area contributed by atoms with Crippen LogP contribution in [0.1, 0.15) is 196 Å². The van der Waals surface area contributed by atoms with E-state index >= 15 is 0 Å². The first-order valence-electron chi connectivity index (χ1n) is 24.9. The second kappa shape index (κ2) is 29.7. The molecule has 6 heteroatoms. The molecule has 60 heavy (non-hydrogen) atoms. The lowest BCUT2D eigenvalue weighted by molar-refractivity contribution is 0.259. The second-order valence-corrected chi connectivity index (χ2v) is 17.0. The van der Waals surface area contributed by atoms with Gasteiger partial charge < -0.3 is 28.4 Å². The Labute approximate surface area is 365 Å². The molecule has 4 rings (SSSR count). The van der Waals surface area contributed by atoms with E-state index in [0.717, 1.165) is 144 Å².